The van der Waals surface area contributed by atoms with Crippen molar-refractivity contribution in [3.63, 3.8) is 0 Å². The van der Waals surface area contributed by atoms with Crippen LogP contribution < -0.4 is 9.46 Å². The third-order valence-electron chi connectivity index (χ3n) is 4.14. The number of rotatable bonds is 6. The molecule has 3 rings (SSSR count). The van der Waals surface area contributed by atoms with Gasteiger partial charge in [0.05, 0.1) is 35.9 Å². The Bertz CT molecular complexity index is 1050. The zero-order valence-corrected chi connectivity index (χ0v) is 17.3. The molecule has 0 radical (unpaired) electrons. The highest BCUT2D eigenvalue weighted by Gasteiger charge is 2.29. The predicted octanol–water partition coefficient (Wildman–Crippen LogP) is 2.17. The average Bonchev–Trinajstić information content (AvgIpc) is 2.70. The Balaban J connectivity index is 1.90. The first kappa shape index (κ1) is 20.9. The molecule has 1 N–H and O–H groups in total. The van der Waals surface area contributed by atoms with Crippen LogP contribution in [0.15, 0.2) is 52.3 Å². The molecule has 1 fully saturated rings. The maximum Gasteiger partial charge on any atom is 0.261 e. The molecule has 1 aliphatic rings. The summed E-state index contributed by atoms with van der Waals surface area (Å²) in [6, 6.07) is 9.79. The van der Waals surface area contributed by atoms with Gasteiger partial charge in [-0.25, -0.2) is 16.8 Å². The van der Waals surface area contributed by atoms with Gasteiger partial charge in [0.2, 0.25) is 10.0 Å². The molecular weight excluding hydrogens is 428 g/mol. The number of sulfonamides is 2. The molecule has 1 heterocycles. The van der Waals surface area contributed by atoms with Crippen molar-refractivity contribution in [3.8, 4) is 5.75 Å². The molecular formula is C17H19ClN2O6S2. The van der Waals surface area contributed by atoms with E-state index in [1.165, 1.54) is 53.9 Å². The molecule has 2 aromatic carbocycles. The lowest BCUT2D eigenvalue weighted by molar-refractivity contribution is 0.0730. The molecule has 0 saturated carbocycles. The zero-order valence-electron chi connectivity index (χ0n) is 15.0. The van der Waals surface area contributed by atoms with Gasteiger partial charge in [0.15, 0.2) is 0 Å². The second-order valence-corrected chi connectivity index (χ2v) is 9.94. The van der Waals surface area contributed by atoms with Gasteiger partial charge in [0, 0.05) is 13.1 Å². The summed E-state index contributed by atoms with van der Waals surface area (Å²) >= 11 is 6.09. The van der Waals surface area contributed by atoms with Crippen LogP contribution >= 0.6 is 11.6 Å². The van der Waals surface area contributed by atoms with Crippen LogP contribution in [-0.2, 0) is 24.8 Å². The van der Waals surface area contributed by atoms with E-state index in [0.717, 1.165) is 0 Å². The lowest BCUT2D eigenvalue weighted by Gasteiger charge is -2.26. The fourth-order valence-corrected chi connectivity index (χ4v) is 5.62. The van der Waals surface area contributed by atoms with Crippen molar-refractivity contribution in [2.45, 2.75) is 9.79 Å². The van der Waals surface area contributed by atoms with E-state index in [1.807, 2.05) is 0 Å². The number of nitrogens with one attached hydrogen (secondary N) is 1. The molecule has 2 aromatic rings. The Morgan fingerprint density at radius 2 is 1.68 bits per heavy atom. The Morgan fingerprint density at radius 1 is 1.04 bits per heavy atom. The topological polar surface area (TPSA) is 102 Å². The van der Waals surface area contributed by atoms with E-state index in [-0.39, 0.29) is 33.6 Å². The molecule has 0 aliphatic carbocycles. The van der Waals surface area contributed by atoms with Gasteiger partial charge in [0.25, 0.3) is 10.0 Å². The minimum absolute atomic E-state index is 0.0129. The number of nitrogens with zero attached hydrogens (tertiary/aromatic N) is 1. The average molecular weight is 447 g/mol. The number of hydrogen-bond acceptors (Lipinski definition) is 6. The maximum atomic E-state index is 12.9. The van der Waals surface area contributed by atoms with Crippen molar-refractivity contribution in [1.82, 2.24) is 4.31 Å². The molecule has 0 aromatic heterocycles. The lowest BCUT2D eigenvalue weighted by atomic mass is 10.3. The van der Waals surface area contributed by atoms with E-state index in [9.17, 15) is 16.8 Å². The fourth-order valence-electron chi connectivity index (χ4n) is 2.66. The minimum atomic E-state index is -3.92. The van der Waals surface area contributed by atoms with Gasteiger partial charge in [0.1, 0.15) is 10.6 Å². The SMILES string of the molecule is COc1ccc(S(=O)(=O)Nc2ccc(Cl)c(S(=O)(=O)N3CCOCC3)c2)cc1. The summed E-state index contributed by atoms with van der Waals surface area (Å²) < 4.78 is 64.7. The molecule has 1 aliphatic heterocycles. The van der Waals surface area contributed by atoms with Crippen molar-refractivity contribution in [3.05, 3.63) is 47.5 Å². The molecule has 0 spiro atoms. The van der Waals surface area contributed by atoms with Gasteiger partial charge in [-0.15, -0.1) is 0 Å². The summed E-state index contributed by atoms with van der Waals surface area (Å²) in [4.78, 5) is -0.146. The van der Waals surface area contributed by atoms with E-state index in [0.29, 0.717) is 19.0 Å². The quantitative estimate of drug-likeness (QED) is 0.729. The van der Waals surface area contributed by atoms with Gasteiger partial charge in [-0.1, -0.05) is 11.6 Å². The van der Waals surface area contributed by atoms with Gasteiger partial charge in [-0.3, -0.25) is 4.72 Å². The number of ether oxygens (including phenoxy) is 2. The standard InChI is InChI=1S/C17H19ClN2O6S2/c1-25-14-3-5-15(6-4-14)27(21,22)19-13-2-7-16(18)17(12-13)28(23,24)20-8-10-26-11-9-20/h2-7,12,19H,8-11H2,1H3. The number of methoxy groups -OCH3 is 1. The van der Waals surface area contributed by atoms with E-state index >= 15 is 0 Å². The summed E-state index contributed by atoms with van der Waals surface area (Å²) in [5, 5.41) is 0.0129. The lowest BCUT2D eigenvalue weighted by Crippen LogP contribution is -2.40. The highest BCUT2D eigenvalue weighted by molar-refractivity contribution is 7.92. The monoisotopic (exact) mass is 446 g/mol. The summed E-state index contributed by atoms with van der Waals surface area (Å²) in [7, 11) is -6.31. The molecule has 28 heavy (non-hydrogen) atoms. The largest absolute Gasteiger partial charge is 0.497 e. The zero-order chi connectivity index (χ0) is 20.4. The van der Waals surface area contributed by atoms with E-state index in [2.05, 4.69) is 4.72 Å². The first-order valence-electron chi connectivity index (χ1n) is 8.28. The van der Waals surface area contributed by atoms with Crippen LogP contribution in [0.2, 0.25) is 5.02 Å². The molecule has 1 saturated heterocycles. The van der Waals surface area contributed by atoms with Crippen LogP contribution in [0.3, 0.4) is 0 Å². The second kappa shape index (κ2) is 8.26. The minimum Gasteiger partial charge on any atom is -0.497 e. The highest BCUT2D eigenvalue weighted by atomic mass is 35.5. The van der Waals surface area contributed by atoms with Gasteiger partial charge < -0.3 is 9.47 Å². The maximum absolute atomic E-state index is 12.9. The number of hydrogen-bond donors (Lipinski definition) is 1. The number of benzene rings is 2. The molecule has 8 nitrogen and oxygen atoms in total. The van der Waals surface area contributed by atoms with E-state index in [4.69, 9.17) is 21.1 Å². The number of halogens is 1. The van der Waals surface area contributed by atoms with Crippen LogP contribution in [0.25, 0.3) is 0 Å². The van der Waals surface area contributed by atoms with Crippen molar-refractivity contribution >= 4 is 37.3 Å². The normalized spacial score (nSPS) is 15.9. The predicted molar refractivity (Wildman–Crippen MR) is 105 cm³/mol. The first-order valence-corrected chi connectivity index (χ1v) is 11.6. The van der Waals surface area contributed by atoms with Crippen molar-refractivity contribution in [2.75, 3.05) is 38.1 Å². The summed E-state index contributed by atoms with van der Waals surface area (Å²) in [6.07, 6.45) is 0. The Morgan fingerprint density at radius 3 is 2.29 bits per heavy atom. The van der Waals surface area contributed by atoms with Gasteiger partial charge in [-0.05, 0) is 42.5 Å². The molecule has 11 heteroatoms. The van der Waals surface area contributed by atoms with E-state index < -0.39 is 20.0 Å². The fraction of sp³-hybridized carbons (Fsp3) is 0.294. The van der Waals surface area contributed by atoms with Crippen LogP contribution in [0.1, 0.15) is 0 Å². The third-order valence-corrected chi connectivity index (χ3v) is 7.92. The third kappa shape index (κ3) is 4.41. The highest BCUT2D eigenvalue weighted by Crippen LogP contribution is 2.29. The molecule has 0 amide bonds. The van der Waals surface area contributed by atoms with Crippen LogP contribution in [0.4, 0.5) is 5.69 Å². The molecule has 0 bridgehead atoms. The second-order valence-electron chi connectivity index (χ2n) is 5.94. The van der Waals surface area contributed by atoms with Crippen LogP contribution in [0.5, 0.6) is 5.75 Å². The summed E-state index contributed by atoms with van der Waals surface area (Å²) in [6.45, 7) is 1.00. The Kier molecular flexibility index (Phi) is 6.15. The Hall–Kier alpha value is -1.85. The van der Waals surface area contributed by atoms with Crippen molar-refractivity contribution in [2.24, 2.45) is 0 Å². The van der Waals surface area contributed by atoms with Gasteiger partial charge in [-0.2, -0.15) is 4.31 Å². The van der Waals surface area contributed by atoms with E-state index in [1.54, 1.807) is 0 Å². The van der Waals surface area contributed by atoms with Crippen LogP contribution in [0, 0.1) is 0 Å². The molecule has 0 atom stereocenters. The van der Waals surface area contributed by atoms with Gasteiger partial charge >= 0.3 is 0 Å². The van der Waals surface area contributed by atoms with Crippen LogP contribution in [-0.4, -0.2) is 54.6 Å². The number of anilines is 1. The summed E-state index contributed by atoms with van der Waals surface area (Å²) in [5.41, 5.74) is 0.0899. The molecule has 152 valence electrons. The first-order chi connectivity index (χ1) is 13.2. The smallest absolute Gasteiger partial charge is 0.261 e. The number of morpholine rings is 1. The van der Waals surface area contributed by atoms with Crippen molar-refractivity contribution < 1.29 is 26.3 Å². The van der Waals surface area contributed by atoms with Crippen molar-refractivity contribution in [1.29, 1.82) is 0 Å². The summed E-state index contributed by atoms with van der Waals surface area (Å²) in [5.74, 6) is 0.518. The Labute approximate surface area is 169 Å². The molecule has 0 unspecified atom stereocenters.